The molecule has 1 saturated heterocycles. The Morgan fingerprint density at radius 2 is 1.59 bits per heavy atom. The highest BCUT2D eigenvalue weighted by Crippen LogP contribution is 2.49. The van der Waals surface area contributed by atoms with Crippen molar-refractivity contribution in [3.63, 3.8) is 0 Å². The fourth-order valence-corrected chi connectivity index (χ4v) is 6.39. The van der Waals surface area contributed by atoms with E-state index in [0.717, 1.165) is 0 Å². The van der Waals surface area contributed by atoms with Crippen LogP contribution in [0.25, 0.3) is 21.6 Å². The van der Waals surface area contributed by atoms with E-state index < -0.39 is 83.1 Å². The molecule has 0 radical (unpaired) electrons. The highest BCUT2D eigenvalue weighted by molar-refractivity contribution is 7.53. The van der Waals surface area contributed by atoms with Crippen LogP contribution in [0.2, 0.25) is 18.1 Å². The number of nitrogen functional groups attached to an aromatic ring is 1. The first kappa shape index (κ1) is 40.3. The number of hydrogen-bond acceptors (Lipinski definition) is 15. The van der Waals surface area contributed by atoms with Gasteiger partial charge in [-0.2, -0.15) is 0 Å². The van der Waals surface area contributed by atoms with Crippen LogP contribution in [0.1, 0.15) is 68.5 Å². The average molecular weight is 729 g/mol. The lowest BCUT2D eigenvalue weighted by Gasteiger charge is -2.40. The Kier molecular flexibility index (Phi) is 12.7. The molecule has 1 unspecified atom stereocenters. The van der Waals surface area contributed by atoms with Gasteiger partial charge in [-0.05, 0) is 65.2 Å². The van der Waals surface area contributed by atoms with Crippen LogP contribution in [-0.4, -0.2) is 84.6 Å². The normalized spacial score (nSPS) is 20.6. The summed E-state index contributed by atoms with van der Waals surface area (Å²) >= 11 is 0. The standard InChI is InChI=1S/C29H49N8O10PSi/c1-27(2,3)25(38)42-15-44-48(40,45-16-43-26(39)28(4,5)6)17-41-12-18-19(35-36-31)21(47-49(10,11)29(7,8)9)24(46-18)37-14-34-20-22(30)32-13-33-23(20)37/h13-14,18-19,21,24H,12,15-17H2,1-11H3,(H2,30,32,33)/t18-,19?,21+,24-/m1/s1. The Morgan fingerprint density at radius 3 is 2.10 bits per heavy atom. The fraction of sp³-hybridized carbons (Fsp3) is 0.759. The third kappa shape index (κ3) is 10.2. The van der Waals surface area contributed by atoms with Gasteiger partial charge in [0.1, 0.15) is 24.3 Å². The van der Waals surface area contributed by atoms with Crippen LogP contribution in [0.15, 0.2) is 17.8 Å². The van der Waals surface area contributed by atoms with Gasteiger partial charge in [-0.15, -0.1) is 0 Å². The number of imidazole rings is 1. The van der Waals surface area contributed by atoms with Crippen molar-refractivity contribution in [3.8, 4) is 0 Å². The van der Waals surface area contributed by atoms with Crippen molar-refractivity contribution >= 4 is 44.8 Å². The predicted octanol–water partition coefficient (Wildman–Crippen LogP) is 5.67. The monoisotopic (exact) mass is 728 g/mol. The minimum atomic E-state index is -4.21. The summed E-state index contributed by atoms with van der Waals surface area (Å²) in [5, 5.41) is 3.83. The molecule has 2 aromatic heterocycles. The molecule has 49 heavy (non-hydrogen) atoms. The third-order valence-corrected chi connectivity index (χ3v) is 14.0. The molecule has 1 aliphatic rings. The molecule has 1 fully saturated rings. The Balaban J connectivity index is 1.86. The lowest BCUT2D eigenvalue weighted by Crippen LogP contribution is -2.48. The van der Waals surface area contributed by atoms with Gasteiger partial charge in [-0.1, -0.05) is 25.9 Å². The molecule has 20 heteroatoms. The van der Waals surface area contributed by atoms with Gasteiger partial charge in [0, 0.05) is 4.91 Å². The molecule has 3 rings (SSSR count). The first-order valence-corrected chi connectivity index (χ1v) is 20.3. The zero-order valence-electron chi connectivity index (χ0n) is 30.0. The maximum atomic E-state index is 13.7. The van der Waals surface area contributed by atoms with Crippen molar-refractivity contribution in [1.82, 2.24) is 19.5 Å². The molecule has 0 saturated carbocycles. The largest absolute Gasteiger partial charge is 0.438 e. The number of rotatable bonds is 14. The molecule has 0 spiro atoms. The Bertz CT molecular complexity index is 1540. The fourth-order valence-electron chi connectivity index (χ4n) is 4.13. The summed E-state index contributed by atoms with van der Waals surface area (Å²) in [6.07, 6.45) is -0.483. The van der Waals surface area contributed by atoms with Crippen molar-refractivity contribution in [2.45, 2.75) is 105 Å². The number of carbonyl (C=O) groups is 2. The second kappa shape index (κ2) is 15.4. The third-order valence-electron chi connectivity index (χ3n) is 8.03. The molecule has 2 aromatic rings. The van der Waals surface area contributed by atoms with E-state index in [1.54, 1.807) is 46.1 Å². The topological polar surface area (TPSA) is 234 Å². The number of anilines is 1. The molecule has 3 heterocycles. The van der Waals surface area contributed by atoms with Crippen molar-refractivity contribution in [2.75, 3.05) is 32.3 Å². The maximum Gasteiger partial charge on any atom is 0.361 e. The van der Waals surface area contributed by atoms with Crippen molar-refractivity contribution < 1.29 is 46.6 Å². The zero-order valence-corrected chi connectivity index (χ0v) is 31.9. The number of esters is 2. The minimum absolute atomic E-state index is 0.173. The Hall–Kier alpha value is -3.15. The molecular formula is C29H49N8O10PSi. The first-order chi connectivity index (χ1) is 22.5. The van der Waals surface area contributed by atoms with Gasteiger partial charge < -0.3 is 29.1 Å². The number of ether oxygens (including phenoxy) is 4. The summed E-state index contributed by atoms with van der Waals surface area (Å²) < 4.78 is 55.3. The van der Waals surface area contributed by atoms with E-state index in [1.807, 2.05) is 0 Å². The van der Waals surface area contributed by atoms with E-state index in [4.69, 9.17) is 38.2 Å². The Labute approximate surface area is 287 Å². The van der Waals surface area contributed by atoms with Crippen LogP contribution in [-0.2, 0) is 46.6 Å². The highest BCUT2D eigenvalue weighted by atomic mass is 31.2. The van der Waals surface area contributed by atoms with Gasteiger partial charge in [-0.3, -0.25) is 27.8 Å². The highest BCUT2D eigenvalue weighted by Gasteiger charge is 2.51. The van der Waals surface area contributed by atoms with Gasteiger partial charge >= 0.3 is 19.5 Å². The predicted molar refractivity (Wildman–Crippen MR) is 180 cm³/mol. The van der Waals surface area contributed by atoms with Gasteiger partial charge in [-0.25, -0.2) is 15.0 Å². The molecular weight excluding hydrogens is 679 g/mol. The molecule has 2 N–H and O–H groups in total. The van der Waals surface area contributed by atoms with Crippen LogP contribution in [0.4, 0.5) is 5.82 Å². The van der Waals surface area contributed by atoms with Gasteiger partial charge in [0.2, 0.25) is 13.6 Å². The van der Waals surface area contributed by atoms with Crippen molar-refractivity contribution in [2.24, 2.45) is 15.9 Å². The summed E-state index contributed by atoms with van der Waals surface area (Å²) in [4.78, 5) is 40.3. The van der Waals surface area contributed by atoms with E-state index in [0.29, 0.717) is 11.2 Å². The lowest BCUT2D eigenvalue weighted by atomic mass is 9.98. The molecule has 4 atom stereocenters. The summed E-state index contributed by atoms with van der Waals surface area (Å²) in [7, 11) is -6.71. The number of nitrogens with two attached hydrogens (primary N) is 1. The number of aromatic nitrogens is 4. The Morgan fingerprint density at radius 1 is 1.02 bits per heavy atom. The summed E-state index contributed by atoms with van der Waals surface area (Å²) in [6.45, 7) is 18.5. The van der Waals surface area contributed by atoms with E-state index in [1.165, 1.54) is 12.7 Å². The molecule has 274 valence electrons. The zero-order chi connectivity index (χ0) is 37.0. The lowest BCUT2D eigenvalue weighted by molar-refractivity contribution is -0.162. The van der Waals surface area contributed by atoms with E-state index in [-0.39, 0.29) is 17.5 Å². The molecule has 18 nitrogen and oxygen atoms in total. The van der Waals surface area contributed by atoms with E-state index >= 15 is 0 Å². The number of nitrogens with zero attached hydrogens (tertiary/aromatic N) is 7. The van der Waals surface area contributed by atoms with Gasteiger partial charge in [0.15, 0.2) is 26.0 Å². The van der Waals surface area contributed by atoms with Crippen LogP contribution in [0.3, 0.4) is 0 Å². The molecule has 0 amide bonds. The number of hydrogen-bond donors (Lipinski definition) is 1. The quantitative estimate of drug-likeness (QED) is 0.0470. The van der Waals surface area contributed by atoms with Crippen LogP contribution >= 0.6 is 7.60 Å². The molecule has 0 bridgehead atoms. The number of azide groups is 1. The average Bonchev–Trinajstić information content (AvgIpc) is 3.53. The van der Waals surface area contributed by atoms with Crippen molar-refractivity contribution in [3.05, 3.63) is 23.1 Å². The van der Waals surface area contributed by atoms with Crippen LogP contribution in [0, 0.1) is 10.8 Å². The van der Waals surface area contributed by atoms with Crippen LogP contribution < -0.4 is 5.73 Å². The second-order valence-electron chi connectivity index (χ2n) is 15.2. The van der Waals surface area contributed by atoms with Crippen molar-refractivity contribution in [1.29, 1.82) is 0 Å². The minimum Gasteiger partial charge on any atom is -0.438 e. The van der Waals surface area contributed by atoms with Gasteiger partial charge in [0.05, 0.1) is 35.9 Å². The van der Waals surface area contributed by atoms with E-state index in [2.05, 4.69) is 58.8 Å². The molecule has 0 aliphatic carbocycles. The summed E-state index contributed by atoms with van der Waals surface area (Å²) in [5.74, 6) is -1.03. The summed E-state index contributed by atoms with van der Waals surface area (Å²) in [5.41, 5.74) is 14.7. The smallest absolute Gasteiger partial charge is 0.361 e. The number of carbonyl (C=O) groups excluding carboxylic acids is 2. The summed E-state index contributed by atoms with van der Waals surface area (Å²) in [6, 6.07) is -0.914. The molecule has 1 aliphatic heterocycles. The van der Waals surface area contributed by atoms with E-state index in [9.17, 15) is 19.7 Å². The molecule has 0 aromatic carbocycles. The number of fused-ring (bicyclic) bond motifs is 1. The van der Waals surface area contributed by atoms with Gasteiger partial charge in [0.25, 0.3) is 0 Å². The SMILES string of the molecule is CC(C)(C)C(=O)OCOP(=O)(COC[C@H]1O[C@@H](n2cnc3c(N)ncnc32)[C@@H](O[Si](C)(C)C(C)(C)C)C1N=[N+]=[N-])OCOC(=O)C(C)(C)C. The maximum absolute atomic E-state index is 13.7. The second-order valence-corrected chi connectivity index (χ2v) is 21.9. The van der Waals surface area contributed by atoms with Crippen LogP contribution in [0.5, 0.6) is 0 Å². The first-order valence-electron chi connectivity index (χ1n) is 15.6.